The summed E-state index contributed by atoms with van der Waals surface area (Å²) in [6.07, 6.45) is 1.22. The van der Waals surface area contributed by atoms with Crippen LogP contribution < -0.4 is 4.90 Å². The van der Waals surface area contributed by atoms with Crippen molar-refractivity contribution in [3.63, 3.8) is 0 Å². The van der Waals surface area contributed by atoms with Gasteiger partial charge in [0, 0.05) is 48.8 Å². The van der Waals surface area contributed by atoms with Crippen LogP contribution in [0.15, 0.2) is 18.2 Å². The van der Waals surface area contributed by atoms with E-state index in [2.05, 4.69) is 15.9 Å². The van der Waals surface area contributed by atoms with E-state index < -0.39 is 0 Å². The molecule has 0 radical (unpaired) electrons. The minimum Gasteiger partial charge on any atom is -0.379 e. The average Bonchev–Trinajstić information content (AvgIpc) is 2.98. The topological polar surface area (TPSA) is 15.7 Å². The van der Waals surface area contributed by atoms with Gasteiger partial charge in [0.2, 0.25) is 0 Å². The first-order valence-corrected chi connectivity index (χ1v) is 8.10. The maximum Gasteiger partial charge on any atom is 0.0594 e. The fourth-order valence-corrected chi connectivity index (χ4v) is 3.60. The lowest BCUT2D eigenvalue weighted by molar-refractivity contribution is 0.0209. The summed E-state index contributed by atoms with van der Waals surface area (Å²) in [6.45, 7) is 6.03. The van der Waals surface area contributed by atoms with E-state index >= 15 is 0 Å². The summed E-state index contributed by atoms with van der Waals surface area (Å²) in [5.74, 6) is 0.468. The molecule has 2 aliphatic heterocycles. The van der Waals surface area contributed by atoms with Crippen LogP contribution in [0.1, 0.15) is 12.0 Å². The summed E-state index contributed by atoms with van der Waals surface area (Å²) in [4.78, 5) is 4.97. The molecule has 1 aromatic rings. The number of hydrogen-bond donors (Lipinski definition) is 0. The predicted octanol–water partition coefficient (Wildman–Crippen LogP) is 2.99. The van der Waals surface area contributed by atoms with Crippen molar-refractivity contribution in [1.29, 1.82) is 0 Å². The van der Waals surface area contributed by atoms with Gasteiger partial charge in [-0.2, -0.15) is 0 Å². The quantitative estimate of drug-likeness (QED) is 0.798. The highest BCUT2D eigenvalue weighted by atomic mass is 35.5. The molecule has 0 amide bonds. The zero-order valence-electron chi connectivity index (χ0n) is 11.5. The maximum atomic E-state index is 6.25. The van der Waals surface area contributed by atoms with Crippen LogP contribution in [-0.4, -0.2) is 50.3 Å². The van der Waals surface area contributed by atoms with Gasteiger partial charge in [0.25, 0.3) is 0 Å². The van der Waals surface area contributed by atoms with E-state index in [1.165, 1.54) is 12.1 Å². The van der Waals surface area contributed by atoms with Crippen molar-refractivity contribution in [1.82, 2.24) is 4.90 Å². The predicted molar refractivity (Wildman–Crippen MR) is 84.0 cm³/mol. The van der Waals surface area contributed by atoms with E-state index in [0.29, 0.717) is 11.9 Å². The molecule has 2 aliphatic rings. The van der Waals surface area contributed by atoms with Crippen molar-refractivity contribution < 1.29 is 4.74 Å². The van der Waals surface area contributed by atoms with Crippen LogP contribution in [-0.2, 0) is 10.6 Å². The molecular weight excluding hydrogens is 295 g/mol. The first-order chi connectivity index (χ1) is 9.78. The lowest BCUT2D eigenvalue weighted by Crippen LogP contribution is -2.44. The van der Waals surface area contributed by atoms with Gasteiger partial charge in [-0.1, -0.05) is 17.7 Å². The molecule has 1 unspecified atom stereocenters. The second-order valence-electron chi connectivity index (χ2n) is 5.45. The fourth-order valence-electron chi connectivity index (χ4n) is 3.06. The number of nitrogens with zero attached hydrogens (tertiary/aromatic N) is 2. The van der Waals surface area contributed by atoms with Gasteiger partial charge < -0.3 is 9.64 Å². The third kappa shape index (κ3) is 3.06. The molecule has 0 spiro atoms. The smallest absolute Gasteiger partial charge is 0.0594 e. The Morgan fingerprint density at radius 3 is 2.70 bits per heavy atom. The number of anilines is 1. The van der Waals surface area contributed by atoms with E-state index in [1.54, 1.807) is 0 Å². The summed E-state index contributed by atoms with van der Waals surface area (Å²) in [5.41, 5.74) is 2.21. The molecule has 1 aromatic carbocycles. The Labute approximate surface area is 130 Å². The second kappa shape index (κ2) is 6.52. The van der Waals surface area contributed by atoms with Crippen molar-refractivity contribution >= 4 is 28.9 Å². The van der Waals surface area contributed by atoms with Gasteiger partial charge in [0.05, 0.1) is 13.2 Å². The standard InChI is InChI=1S/C15H20Cl2N2O/c16-10-12-1-2-13(9-15(12)17)19-4-3-14(11-19)18-5-7-20-8-6-18/h1-2,9,14H,3-8,10-11H2. The lowest BCUT2D eigenvalue weighted by atomic mass is 10.2. The number of ether oxygens (including phenoxy) is 1. The van der Waals surface area contributed by atoms with E-state index in [1.807, 2.05) is 12.1 Å². The maximum absolute atomic E-state index is 6.25. The van der Waals surface area contributed by atoms with Crippen LogP contribution in [0.5, 0.6) is 0 Å². The highest BCUT2D eigenvalue weighted by Gasteiger charge is 2.28. The first-order valence-electron chi connectivity index (χ1n) is 7.19. The van der Waals surface area contributed by atoms with E-state index in [-0.39, 0.29) is 0 Å². The molecule has 110 valence electrons. The van der Waals surface area contributed by atoms with Crippen molar-refractivity contribution in [3.8, 4) is 0 Å². The molecule has 3 rings (SSSR count). The largest absolute Gasteiger partial charge is 0.379 e. The van der Waals surface area contributed by atoms with Crippen molar-refractivity contribution in [2.45, 2.75) is 18.3 Å². The summed E-state index contributed by atoms with van der Waals surface area (Å²) >= 11 is 12.1. The van der Waals surface area contributed by atoms with Gasteiger partial charge in [-0.3, -0.25) is 4.90 Å². The van der Waals surface area contributed by atoms with Crippen molar-refractivity contribution in [3.05, 3.63) is 28.8 Å². The molecule has 2 fully saturated rings. The van der Waals surface area contributed by atoms with Crippen LogP contribution in [0.4, 0.5) is 5.69 Å². The number of halogens is 2. The van der Waals surface area contributed by atoms with Crippen molar-refractivity contribution in [2.75, 3.05) is 44.3 Å². The lowest BCUT2D eigenvalue weighted by Gasteiger charge is -2.32. The molecule has 3 nitrogen and oxygen atoms in total. The van der Waals surface area contributed by atoms with Gasteiger partial charge in [-0.05, 0) is 24.1 Å². The van der Waals surface area contributed by atoms with Gasteiger partial charge in [0.15, 0.2) is 0 Å². The Bertz CT molecular complexity index is 463. The van der Waals surface area contributed by atoms with Crippen molar-refractivity contribution in [2.24, 2.45) is 0 Å². The molecule has 0 aromatic heterocycles. The molecule has 5 heteroatoms. The molecule has 2 saturated heterocycles. The van der Waals surface area contributed by atoms with E-state index in [0.717, 1.165) is 50.0 Å². The molecule has 2 heterocycles. The zero-order valence-corrected chi connectivity index (χ0v) is 13.0. The average molecular weight is 315 g/mol. The monoisotopic (exact) mass is 314 g/mol. The second-order valence-corrected chi connectivity index (χ2v) is 6.12. The number of alkyl halides is 1. The third-order valence-electron chi connectivity index (χ3n) is 4.27. The summed E-state index contributed by atoms with van der Waals surface area (Å²) in [7, 11) is 0. The minimum absolute atomic E-state index is 0.468. The van der Waals surface area contributed by atoms with Gasteiger partial charge in [0.1, 0.15) is 0 Å². The Balaban J connectivity index is 1.65. The number of morpholine rings is 1. The Morgan fingerprint density at radius 1 is 1.20 bits per heavy atom. The van der Waals surface area contributed by atoms with Crippen LogP contribution >= 0.6 is 23.2 Å². The molecule has 0 bridgehead atoms. The molecule has 1 atom stereocenters. The van der Waals surface area contributed by atoms with E-state index in [9.17, 15) is 0 Å². The Hall–Kier alpha value is -0.480. The summed E-state index contributed by atoms with van der Waals surface area (Å²) in [6, 6.07) is 6.85. The van der Waals surface area contributed by atoms with Crippen LogP contribution in [0, 0.1) is 0 Å². The van der Waals surface area contributed by atoms with Crippen LogP contribution in [0.2, 0.25) is 5.02 Å². The SMILES string of the molecule is ClCc1ccc(N2CCC(N3CCOCC3)C2)cc1Cl. The highest BCUT2D eigenvalue weighted by Crippen LogP contribution is 2.28. The fraction of sp³-hybridized carbons (Fsp3) is 0.600. The summed E-state index contributed by atoms with van der Waals surface area (Å²) in [5, 5.41) is 0.771. The molecular formula is C15H20Cl2N2O. The van der Waals surface area contributed by atoms with Crippen LogP contribution in [0.3, 0.4) is 0 Å². The highest BCUT2D eigenvalue weighted by molar-refractivity contribution is 6.32. The molecule has 0 aliphatic carbocycles. The van der Waals surface area contributed by atoms with Gasteiger partial charge in [-0.15, -0.1) is 11.6 Å². The minimum atomic E-state index is 0.468. The molecule has 0 saturated carbocycles. The van der Waals surface area contributed by atoms with E-state index in [4.69, 9.17) is 27.9 Å². The van der Waals surface area contributed by atoms with Crippen LogP contribution in [0.25, 0.3) is 0 Å². The number of hydrogen-bond acceptors (Lipinski definition) is 3. The normalized spacial score (nSPS) is 24.3. The first kappa shape index (κ1) is 14.5. The third-order valence-corrected chi connectivity index (χ3v) is 4.91. The van der Waals surface area contributed by atoms with Gasteiger partial charge >= 0.3 is 0 Å². The number of benzene rings is 1. The molecule has 20 heavy (non-hydrogen) atoms. The Kier molecular flexibility index (Phi) is 4.72. The zero-order chi connectivity index (χ0) is 13.9. The summed E-state index contributed by atoms with van der Waals surface area (Å²) < 4.78 is 5.43. The number of rotatable bonds is 3. The molecule has 0 N–H and O–H groups in total. The Morgan fingerprint density at radius 2 is 2.00 bits per heavy atom. The van der Waals surface area contributed by atoms with Gasteiger partial charge in [-0.25, -0.2) is 0 Å².